The zero-order valence-electron chi connectivity index (χ0n) is 25.4. The lowest BCUT2D eigenvalue weighted by Gasteiger charge is -2.22. The van der Waals surface area contributed by atoms with Gasteiger partial charge >= 0.3 is 0 Å². The van der Waals surface area contributed by atoms with Crippen molar-refractivity contribution in [3.05, 3.63) is 149 Å². The summed E-state index contributed by atoms with van der Waals surface area (Å²) in [5.74, 6) is -0.731. The Kier molecular flexibility index (Phi) is 13.8. The second kappa shape index (κ2) is 17.3. The molecule has 6 heteroatoms. The minimum Gasteiger partial charge on any atom is -0.399 e. The van der Waals surface area contributed by atoms with Gasteiger partial charge in [0.2, 0.25) is 0 Å². The van der Waals surface area contributed by atoms with Crippen LogP contribution < -0.4 is 21.7 Å². The van der Waals surface area contributed by atoms with E-state index in [1.807, 2.05) is 81.5 Å². The number of hydrogen-bond donors (Lipinski definition) is 4. The van der Waals surface area contributed by atoms with Crippen LogP contribution in [0.2, 0.25) is 0 Å². The molecular weight excluding hydrogens is 523 g/mol. The number of benzene rings is 2. The Labute approximate surface area is 251 Å². The molecule has 0 saturated heterocycles. The van der Waals surface area contributed by atoms with E-state index >= 15 is 0 Å². The number of likely N-dealkylation sites (N-methyl/N-ethyl adjacent to an activating group) is 1. The molecule has 2 aromatic rings. The first-order valence-electron chi connectivity index (χ1n) is 14.1. The molecule has 5 nitrogen and oxygen atoms in total. The highest BCUT2D eigenvalue weighted by Gasteiger charge is 2.20. The first-order valence-corrected chi connectivity index (χ1v) is 14.1. The number of halogens is 1. The maximum atomic E-state index is 14.2. The highest BCUT2D eigenvalue weighted by atomic mass is 19.1. The summed E-state index contributed by atoms with van der Waals surface area (Å²) in [6.45, 7) is 17.7. The number of nitrogens with two attached hydrogens (primary N) is 1. The van der Waals surface area contributed by atoms with Gasteiger partial charge in [-0.05, 0) is 54.7 Å². The molecule has 0 aliphatic carbocycles. The number of amides is 1. The van der Waals surface area contributed by atoms with Crippen LogP contribution in [0.4, 0.5) is 4.39 Å². The molecular formula is C36H45FN4O. The van der Waals surface area contributed by atoms with Crippen LogP contribution in [0, 0.1) is 12.8 Å². The summed E-state index contributed by atoms with van der Waals surface area (Å²) in [6, 6.07) is 16.0. The van der Waals surface area contributed by atoms with Crippen LogP contribution in [0.3, 0.4) is 0 Å². The number of rotatable bonds is 16. The molecule has 2 aromatic carbocycles. The van der Waals surface area contributed by atoms with Gasteiger partial charge in [-0.15, -0.1) is 0 Å². The number of alkyl halides is 1. The fraction of sp³-hybridized carbons (Fsp3) is 0.250. The van der Waals surface area contributed by atoms with Crippen molar-refractivity contribution >= 4 is 11.5 Å². The molecule has 0 aliphatic heterocycles. The molecule has 222 valence electrons. The van der Waals surface area contributed by atoms with Crippen molar-refractivity contribution in [3.8, 4) is 0 Å². The van der Waals surface area contributed by atoms with Crippen molar-refractivity contribution in [1.82, 2.24) is 16.0 Å². The third kappa shape index (κ3) is 9.81. The number of carbonyl (C=O) groups is 1. The Morgan fingerprint density at radius 1 is 1.02 bits per heavy atom. The zero-order chi connectivity index (χ0) is 31.1. The molecule has 0 aliphatic rings. The summed E-state index contributed by atoms with van der Waals surface area (Å²) < 4.78 is 14.2. The van der Waals surface area contributed by atoms with Gasteiger partial charge in [-0.25, -0.2) is 0 Å². The molecule has 0 spiro atoms. The summed E-state index contributed by atoms with van der Waals surface area (Å²) in [4.78, 5) is 13.4. The van der Waals surface area contributed by atoms with Crippen LogP contribution in [0.5, 0.6) is 0 Å². The SMILES string of the molecule is C=C/C=C\C(C(=O)NCc1ccc(C)cc1)=C(\NCc1ccc(C(/C=C(\C(=C)N)C(=C)NC)=C/C)cc1)C(CC)CF. The molecule has 0 radical (unpaired) electrons. The summed E-state index contributed by atoms with van der Waals surface area (Å²) in [5, 5.41) is 9.39. The predicted octanol–water partition coefficient (Wildman–Crippen LogP) is 6.93. The van der Waals surface area contributed by atoms with E-state index in [0.29, 0.717) is 42.2 Å². The van der Waals surface area contributed by atoms with E-state index in [2.05, 4.69) is 35.7 Å². The lowest BCUT2D eigenvalue weighted by atomic mass is 9.97. The van der Waals surface area contributed by atoms with Crippen molar-refractivity contribution < 1.29 is 9.18 Å². The van der Waals surface area contributed by atoms with Gasteiger partial charge in [0, 0.05) is 48.7 Å². The van der Waals surface area contributed by atoms with Gasteiger partial charge in [-0.2, -0.15) is 0 Å². The van der Waals surface area contributed by atoms with Crippen LogP contribution in [0.15, 0.2) is 127 Å². The molecule has 0 fully saturated rings. The molecule has 42 heavy (non-hydrogen) atoms. The molecule has 5 N–H and O–H groups in total. The molecule has 0 saturated carbocycles. The van der Waals surface area contributed by atoms with Gasteiger partial charge in [-0.1, -0.05) is 99.0 Å². The number of carbonyl (C=O) groups excluding carboxylic acids is 1. The van der Waals surface area contributed by atoms with E-state index in [-0.39, 0.29) is 5.91 Å². The van der Waals surface area contributed by atoms with Crippen LogP contribution >= 0.6 is 0 Å². The van der Waals surface area contributed by atoms with Crippen LogP contribution in [-0.4, -0.2) is 19.6 Å². The number of aryl methyl sites for hydroxylation is 1. The lowest BCUT2D eigenvalue weighted by Crippen LogP contribution is -2.30. The number of allylic oxidation sites excluding steroid dienone is 6. The Hall–Kier alpha value is -4.58. The molecule has 0 aromatic heterocycles. The monoisotopic (exact) mass is 568 g/mol. The first-order chi connectivity index (χ1) is 20.2. The zero-order valence-corrected chi connectivity index (χ0v) is 25.4. The van der Waals surface area contributed by atoms with Crippen LogP contribution in [0.25, 0.3) is 5.57 Å². The van der Waals surface area contributed by atoms with Gasteiger partial charge in [0.15, 0.2) is 0 Å². The predicted molar refractivity (Wildman–Crippen MR) is 176 cm³/mol. The van der Waals surface area contributed by atoms with Gasteiger partial charge in [-0.3, -0.25) is 9.18 Å². The fourth-order valence-electron chi connectivity index (χ4n) is 4.29. The van der Waals surface area contributed by atoms with Gasteiger partial charge < -0.3 is 21.7 Å². The Bertz CT molecular complexity index is 1360. The van der Waals surface area contributed by atoms with Gasteiger partial charge in [0.1, 0.15) is 0 Å². The summed E-state index contributed by atoms with van der Waals surface area (Å²) in [7, 11) is 1.79. The average molecular weight is 569 g/mol. The average Bonchev–Trinajstić information content (AvgIpc) is 3.00. The fourth-order valence-corrected chi connectivity index (χ4v) is 4.29. The van der Waals surface area contributed by atoms with Crippen LogP contribution in [-0.2, 0) is 17.9 Å². The Morgan fingerprint density at radius 2 is 1.62 bits per heavy atom. The van der Waals surface area contributed by atoms with Crippen molar-refractivity contribution in [2.45, 2.75) is 40.3 Å². The van der Waals surface area contributed by atoms with Gasteiger partial charge in [0.25, 0.3) is 5.91 Å². The molecule has 2 rings (SSSR count). The highest BCUT2D eigenvalue weighted by Crippen LogP contribution is 2.23. The summed E-state index contributed by atoms with van der Waals surface area (Å²) in [5.41, 5.74) is 13.9. The third-order valence-corrected chi connectivity index (χ3v) is 6.95. The standard InChI is InChI=1S/C36H45FN4O/c1-8-11-12-33(36(42)41-24-28-15-13-25(4)14-16-28)35(31(10-3)22-37)40-23-29-17-19-32(20-18-29)30(9-2)21-34(26(5)38)27(6)39-7/h8-9,11-21,31,39-40H,1,5-6,10,22-24,38H2,2-4,7H3,(H,41,42)/b12-11-,30-9+,34-21+,35-33-. The maximum absolute atomic E-state index is 14.2. The Morgan fingerprint density at radius 3 is 2.12 bits per heavy atom. The molecule has 1 amide bonds. The van der Waals surface area contributed by atoms with Gasteiger partial charge in [0.05, 0.1) is 12.2 Å². The highest BCUT2D eigenvalue weighted by molar-refractivity contribution is 5.97. The Balaban J connectivity index is 2.34. The van der Waals surface area contributed by atoms with E-state index in [4.69, 9.17) is 5.73 Å². The van der Waals surface area contributed by atoms with E-state index in [1.54, 1.807) is 25.3 Å². The molecule has 0 heterocycles. The first kappa shape index (κ1) is 33.6. The number of hydrogen-bond acceptors (Lipinski definition) is 4. The lowest BCUT2D eigenvalue weighted by molar-refractivity contribution is -0.117. The topological polar surface area (TPSA) is 79.2 Å². The van der Waals surface area contributed by atoms with Crippen molar-refractivity contribution in [2.75, 3.05) is 13.7 Å². The summed E-state index contributed by atoms with van der Waals surface area (Å²) in [6.07, 6.45) is 9.48. The van der Waals surface area contributed by atoms with Crippen molar-refractivity contribution in [1.29, 1.82) is 0 Å². The molecule has 1 unspecified atom stereocenters. The third-order valence-electron chi connectivity index (χ3n) is 6.95. The minimum absolute atomic E-state index is 0.275. The minimum atomic E-state index is -0.585. The van der Waals surface area contributed by atoms with Crippen molar-refractivity contribution in [3.63, 3.8) is 0 Å². The van der Waals surface area contributed by atoms with E-state index in [1.165, 1.54) is 0 Å². The second-order valence-corrected chi connectivity index (χ2v) is 9.96. The number of nitrogens with one attached hydrogen (secondary N) is 3. The molecule has 0 bridgehead atoms. The smallest absolute Gasteiger partial charge is 0.253 e. The normalized spacial score (nSPS) is 13.3. The van der Waals surface area contributed by atoms with E-state index in [9.17, 15) is 9.18 Å². The largest absolute Gasteiger partial charge is 0.399 e. The second-order valence-electron chi connectivity index (χ2n) is 9.96. The maximum Gasteiger partial charge on any atom is 0.253 e. The quantitative estimate of drug-likeness (QED) is 0.131. The molecule has 1 atom stereocenters. The van der Waals surface area contributed by atoms with Crippen molar-refractivity contribution in [2.24, 2.45) is 11.7 Å². The van der Waals surface area contributed by atoms with Crippen LogP contribution in [0.1, 0.15) is 42.5 Å². The van der Waals surface area contributed by atoms with E-state index in [0.717, 1.165) is 33.4 Å². The van der Waals surface area contributed by atoms with E-state index < -0.39 is 12.6 Å². The summed E-state index contributed by atoms with van der Waals surface area (Å²) >= 11 is 0.